The van der Waals surface area contributed by atoms with E-state index in [9.17, 15) is 8.78 Å². The van der Waals surface area contributed by atoms with Crippen molar-refractivity contribution in [1.82, 2.24) is 5.32 Å². The average molecular weight is 223 g/mol. The predicted octanol–water partition coefficient (Wildman–Crippen LogP) is 1.16. The van der Waals surface area contributed by atoms with Crippen LogP contribution in [-0.2, 0) is 4.74 Å². The van der Waals surface area contributed by atoms with Gasteiger partial charge in [-0.05, 0) is 26.7 Å². The van der Waals surface area contributed by atoms with Gasteiger partial charge in [0.05, 0.1) is 12.1 Å². The molecule has 90 valence electrons. The van der Waals surface area contributed by atoms with Crippen molar-refractivity contribution in [3.05, 3.63) is 0 Å². The highest BCUT2D eigenvalue weighted by atomic mass is 19.3. The lowest BCUT2D eigenvalue weighted by molar-refractivity contribution is -0.0764. The zero-order chi connectivity index (χ0) is 11.5. The smallest absolute Gasteiger partial charge is 0.282 e. The minimum atomic E-state index is -3.03. The molecule has 0 radical (unpaired) electrons. The van der Waals surface area contributed by atoms with Crippen LogP contribution in [0.5, 0.6) is 0 Å². The van der Waals surface area contributed by atoms with Crippen LogP contribution >= 0.6 is 0 Å². The lowest BCUT2D eigenvalue weighted by Crippen LogP contribution is -2.47. The molecule has 1 unspecified atom stereocenters. The van der Waals surface area contributed by atoms with Crippen LogP contribution in [0.2, 0.25) is 0 Å². The first-order valence-corrected chi connectivity index (χ1v) is 5.21. The molecule has 1 heterocycles. The van der Waals surface area contributed by atoms with Gasteiger partial charge in [0.2, 0.25) is 0 Å². The number of halogens is 2. The fourth-order valence-electron chi connectivity index (χ4n) is 1.76. The SMILES string of the molecule is CC1(C)CC(NCC(F)(F)CO)CCO1. The van der Waals surface area contributed by atoms with E-state index < -0.39 is 19.1 Å². The highest BCUT2D eigenvalue weighted by Gasteiger charge is 2.32. The quantitative estimate of drug-likeness (QED) is 0.751. The van der Waals surface area contributed by atoms with Crippen LogP contribution in [0, 0.1) is 0 Å². The fraction of sp³-hybridized carbons (Fsp3) is 1.00. The summed E-state index contributed by atoms with van der Waals surface area (Å²) < 4.78 is 31.0. The van der Waals surface area contributed by atoms with Crippen LogP contribution in [-0.4, -0.2) is 42.4 Å². The van der Waals surface area contributed by atoms with Crippen molar-refractivity contribution in [3.63, 3.8) is 0 Å². The molecule has 0 saturated carbocycles. The number of hydrogen-bond donors (Lipinski definition) is 2. The van der Waals surface area contributed by atoms with Gasteiger partial charge in [-0.2, -0.15) is 0 Å². The fourth-order valence-corrected chi connectivity index (χ4v) is 1.76. The van der Waals surface area contributed by atoms with Gasteiger partial charge in [-0.15, -0.1) is 0 Å². The summed E-state index contributed by atoms with van der Waals surface area (Å²) in [7, 11) is 0. The van der Waals surface area contributed by atoms with Crippen LogP contribution < -0.4 is 5.32 Å². The Bertz CT molecular complexity index is 210. The van der Waals surface area contributed by atoms with Crippen molar-refractivity contribution in [3.8, 4) is 0 Å². The number of ether oxygens (including phenoxy) is 1. The van der Waals surface area contributed by atoms with Crippen LogP contribution in [0.3, 0.4) is 0 Å². The standard InChI is InChI=1S/C10H19F2NO2/c1-9(2)5-8(3-4-15-9)13-6-10(11,12)7-14/h8,13-14H,3-7H2,1-2H3. The number of nitrogens with one attached hydrogen (secondary N) is 1. The third-order valence-corrected chi connectivity index (χ3v) is 2.58. The molecule has 0 aromatic carbocycles. The Balaban J connectivity index is 2.33. The Labute approximate surface area is 88.8 Å². The highest BCUT2D eigenvalue weighted by Crippen LogP contribution is 2.24. The van der Waals surface area contributed by atoms with Crippen molar-refractivity contribution in [2.24, 2.45) is 0 Å². The molecule has 0 bridgehead atoms. The summed E-state index contributed by atoms with van der Waals surface area (Å²) in [5.74, 6) is -3.03. The minimum absolute atomic E-state index is 0.0474. The van der Waals surface area contributed by atoms with Gasteiger partial charge in [0.1, 0.15) is 6.61 Å². The van der Waals surface area contributed by atoms with Crippen LogP contribution in [0.1, 0.15) is 26.7 Å². The molecule has 0 aromatic rings. The Morgan fingerprint density at radius 3 is 2.73 bits per heavy atom. The van der Waals surface area contributed by atoms with Gasteiger partial charge in [-0.1, -0.05) is 0 Å². The van der Waals surface area contributed by atoms with E-state index in [4.69, 9.17) is 9.84 Å². The molecule has 15 heavy (non-hydrogen) atoms. The molecule has 0 spiro atoms. The Morgan fingerprint density at radius 2 is 2.20 bits per heavy atom. The van der Waals surface area contributed by atoms with E-state index in [1.54, 1.807) is 0 Å². The lowest BCUT2D eigenvalue weighted by Gasteiger charge is -2.36. The third kappa shape index (κ3) is 4.40. The Morgan fingerprint density at radius 1 is 1.53 bits per heavy atom. The lowest BCUT2D eigenvalue weighted by atomic mass is 9.94. The molecule has 1 saturated heterocycles. The number of hydrogen-bond acceptors (Lipinski definition) is 3. The molecule has 1 rings (SSSR count). The van der Waals surface area contributed by atoms with E-state index in [2.05, 4.69) is 5.32 Å². The van der Waals surface area contributed by atoms with Crippen LogP contribution in [0.25, 0.3) is 0 Å². The Hall–Kier alpha value is -0.260. The number of aliphatic hydroxyl groups is 1. The van der Waals surface area contributed by atoms with E-state index in [1.807, 2.05) is 13.8 Å². The normalized spacial score (nSPS) is 26.6. The van der Waals surface area contributed by atoms with E-state index in [0.29, 0.717) is 13.0 Å². The summed E-state index contributed by atoms with van der Waals surface area (Å²) in [4.78, 5) is 0. The first kappa shape index (κ1) is 12.8. The van der Waals surface area contributed by atoms with Crippen LogP contribution in [0.15, 0.2) is 0 Å². The van der Waals surface area contributed by atoms with Gasteiger partial charge in [-0.25, -0.2) is 8.78 Å². The number of alkyl halides is 2. The maximum Gasteiger partial charge on any atom is 0.282 e. The first-order chi connectivity index (χ1) is 6.85. The maximum atomic E-state index is 12.8. The van der Waals surface area contributed by atoms with Gasteiger partial charge in [0.25, 0.3) is 5.92 Å². The zero-order valence-electron chi connectivity index (χ0n) is 9.22. The van der Waals surface area contributed by atoms with Gasteiger partial charge in [-0.3, -0.25) is 0 Å². The second kappa shape index (κ2) is 4.72. The van der Waals surface area contributed by atoms with E-state index in [-0.39, 0.29) is 11.6 Å². The Kier molecular flexibility index (Phi) is 4.03. The van der Waals surface area contributed by atoms with Gasteiger partial charge < -0.3 is 15.2 Å². The molecule has 0 amide bonds. The molecular formula is C10H19F2NO2. The molecule has 2 N–H and O–H groups in total. The predicted molar refractivity (Wildman–Crippen MR) is 53.1 cm³/mol. The third-order valence-electron chi connectivity index (χ3n) is 2.58. The summed E-state index contributed by atoms with van der Waals surface area (Å²) in [5.41, 5.74) is -0.246. The second-order valence-electron chi connectivity index (χ2n) is 4.69. The molecule has 5 heteroatoms. The van der Waals surface area contributed by atoms with Crippen molar-refractivity contribution >= 4 is 0 Å². The van der Waals surface area contributed by atoms with Crippen LogP contribution in [0.4, 0.5) is 8.78 Å². The molecule has 0 aromatic heterocycles. The molecular weight excluding hydrogens is 204 g/mol. The van der Waals surface area contributed by atoms with Gasteiger partial charge in [0.15, 0.2) is 0 Å². The molecule has 1 aliphatic heterocycles. The average Bonchev–Trinajstić information content (AvgIpc) is 2.14. The molecule has 3 nitrogen and oxygen atoms in total. The summed E-state index contributed by atoms with van der Waals surface area (Å²) in [6.45, 7) is 2.92. The second-order valence-corrected chi connectivity index (χ2v) is 4.69. The number of aliphatic hydroxyl groups excluding tert-OH is 1. The summed E-state index contributed by atoms with van der Waals surface area (Å²) in [5, 5.41) is 11.2. The summed E-state index contributed by atoms with van der Waals surface area (Å²) >= 11 is 0. The summed E-state index contributed by atoms with van der Waals surface area (Å²) in [6, 6.07) is 0.0474. The van der Waals surface area contributed by atoms with Gasteiger partial charge >= 0.3 is 0 Å². The summed E-state index contributed by atoms with van der Waals surface area (Å²) in [6.07, 6.45) is 1.46. The first-order valence-electron chi connectivity index (χ1n) is 5.21. The van der Waals surface area contributed by atoms with E-state index in [0.717, 1.165) is 6.42 Å². The number of rotatable bonds is 4. The van der Waals surface area contributed by atoms with Gasteiger partial charge in [0, 0.05) is 12.6 Å². The maximum absolute atomic E-state index is 12.8. The molecule has 1 atom stereocenters. The van der Waals surface area contributed by atoms with Crippen molar-refractivity contribution in [2.45, 2.75) is 44.3 Å². The zero-order valence-corrected chi connectivity index (χ0v) is 9.22. The van der Waals surface area contributed by atoms with E-state index in [1.165, 1.54) is 0 Å². The minimum Gasteiger partial charge on any atom is -0.390 e. The van der Waals surface area contributed by atoms with Crippen molar-refractivity contribution in [1.29, 1.82) is 0 Å². The monoisotopic (exact) mass is 223 g/mol. The highest BCUT2D eigenvalue weighted by molar-refractivity contribution is 4.84. The van der Waals surface area contributed by atoms with Crippen molar-refractivity contribution < 1.29 is 18.6 Å². The van der Waals surface area contributed by atoms with E-state index >= 15 is 0 Å². The molecule has 0 aliphatic carbocycles. The van der Waals surface area contributed by atoms with Crippen molar-refractivity contribution in [2.75, 3.05) is 19.8 Å². The molecule has 1 aliphatic rings. The largest absolute Gasteiger partial charge is 0.390 e. The molecule has 1 fully saturated rings. The topological polar surface area (TPSA) is 41.5 Å².